The summed E-state index contributed by atoms with van der Waals surface area (Å²) >= 11 is 1.77. The maximum Gasteiger partial charge on any atom is 0.319 e. The van der Waals surface area contributed by atoms with Crippen molar-refractivity contribution in [3.63, 3.8) is 0 Å². The minimum absolute atomic E-state index is 0.0259. The zero-order valence-corrected chi connectivity index (χ0v) is 13.5. The summed E-state index contributed by atoms with van der Waals surface area (Å²) in [6, 6.07) is 0. The second-order valence-corrected chi connectivity index (χ2v) is 6.97. The van der Waals surface area contributed by atoms with Gasteiger partial charge in [0.2, 0.25) is 0 Å². The molecule has 0 radical (unpaired) electrons. The van der Waals surface area contributed by atoms with Crippen molar-refractivity contribution in [3.8, 4) is 0 Å². The molecule has 0 aromatic rings. The first-order valence-electron chi connectivity index (χ1n) is 8.03. The molecule has 1 heterocycles. The topological polar surface area (TPSA) is 26.3 Å². The van der Waals surface area contributed by atoms with E-state index in [0.29, 0.717) is 5.25 Å². The van der Waals surface area contributed by atoms with E-state index in [0.717, 1.165) is 0 Å². The Balaban J connectivity index is 1.76. The number of hydrogen-bond acceptors (Lipinski definition) is 3. The van der Waals surface area contributed by atoms with Crippen LogP contribution in [0, 0.1) is 0 Å². The van der Waals surface area contributed by atoms with Crippen LogP contribution in [0.15, 0.2) is 0 Å². The molecular weight excluding hydrogens is 256 g/mol. The maximum atomic E-state index is 11.2. The Hall–Kier alpha value is -0.180. The second kappa shape index (κ2) is 10.6. The van der Waals surface area contributed by atoms with Crippen LogP contribution >= 0.6 is 11.8 Å². The summed E-state index contributed by atoms with van der Waals surface area (Å²) in [5.41, 5.74) is 0. The van der Waals surface area contributed by atoms with E-state index in [1.807, 2.05) is 0 Å². The number of rotatable bonds is 12. The first-order valence-corrected chi connectivity index (χ1v) is 8.97. The Kier molecular flexibility index (Phi) is 9.40. The number of esters is 1. The van der Waals surface area contributed by atoms with Gasteiger partial charge in [-0.2, -0.15) is 0 Å². The fraction of sp³-hybridized carbons (Fsp3) is 0.938. The number of hydrogen-bond donors (Lipinski definition) is 0. The summed E-state index contributed by atoms with van der Waals surface area (Å²) < 4.78 is 4.74. The van der Waals surface area contributed by atoms with Gasteiger partial charge < -0.3 is 4.74 Å². The van der Waals surface area contributed by atoms with Crippen molar-refractivity contribution >= 4 is 17.7 Å². The molecule has 1 rings (SSSR count). The molecule has 0 aliphatic carbocycles. The lowest BCUT2D eigenvalue weighted by molar-refractivity contribution is -0.139. The minimum atomic E-state index is -0.0259. The highest BCUT2D eigenvalue weighted by Gasteiger charge is 2.44. The van der Waals surface area contributed by atoms with Crippen molar-refractivity contribution in [2.75, 3.05) is 7.11 Å². The first kappa shape index (κ1) is 16.9. The molecule has 0 amide bonds. The van der Waals surface area contributed by atoms with E-state index in [4.69, 9.17) is 4.74 Å². The zero-order chi connectivity index (χ0) is 13.9. The van der Waals surface area contributed by atoms with E-state index >= 15 is 0 Å². The Morgan fingerprint density at radius 2 is 1.47 bits per heavy atom. The average molecular weight is 286 g/mol. The molecule has 1 aliphatic rings. The van der Waals surface area contributed by atoms with Crippen molar-refractivity contribution in [2.24, 2.45) is 0 Å². The standard InChI is InChI=1S/C16H30O2S/c1-3-4-5-6-7-8-9-10-11-12-13-14-15(19-14)16(17)18-2/h14-15H,3-13H2,1-2H3. The van der Waals surface area contributed by atoms with Gasteiger partial charge in [0.25, 0.3) is 0 Å². The summed E-state index contributed by atoms with van der Waals surface area (Å²) in [4.78, 5) is 11.2. The van der Waals surface area contributed by atoms with E-state index in [2.05, 4.69) is 6.92 Å². The number of methoxy groups -OCH3 is 1. The SMILES string of the molecule is CCCCCCCCCCCCC1SC1C(=O)OC. The maximum absolute atomic E-state index is 11.2. The highest BCUT2D eigenvalue weighted by Crippen LogP contribution is 2.45. The van der Waals surface area contributed by atoms with Gasteiger partial charge in [-0.3, -0.25) is 4.79 Å². The van der Waals surface area contributed by atoms with Crippen molar-refractivity contribution in [2.45, 2.75) is 88.1 Å². The van der Waals surface area contributed by atoms with Crippen LogP contribution in [0.1, 0.15) is 77.6 Å². The Labute approximate surface area is 123 Å². The molecule has 0 bridgehead atoms. The van der Waals surface area contributed by atoms with Crippen molar-refractivity contribution in [1.82, 2.24) is 0 Å². The molecule has 19 heavy (non-hydrogen) atoms. The predicted molar refractivity (Wildman–Crippen MR) is 83.6 cm³/mol. The minimum Gasteiger partial charge on any atom is -0.468 e. The van der Waals surface area contributed by atoms with E-state index in [-0.39, 0.29) is 11.2 Å². The molecule has 1 aliphatic heterocycles. The van der Waals surface area contributed by atoms with E-state index in [1.54, 1.807) is 11.8 Å². The normalized spacial score (nSPS) is 21.4. The van der Waals surface area contributed by atoms with Crippen molar-refractivity contribution in [1.29, 1.82) is 0 Å². The van der Waals surface area contributed by atoms with Crippen LogP contribution in [0.4, 0.5) is 0 Å². The Morgan fingerprint density at radius 1 is 0.947 bits per heavy atom. The predicted octanol–water partition coefficient (Wildman–Crippen LogP) is 4.95. The van der Waals surface area contributed by atoms with Gasteiger partial charge in [-0.05, 0) is 6.42 Å². The number of thioether (sulfide) groups is 1. The Bertz CT molecular complexity index is 243. The summed E-state index contributed by atoms with van der Waals surface area (Å²) in [6.07, 6.45) is 15.0. The monoisotopic (exact) mass is 286 g/mol. The second-order valence-electron chi connectivity index (χ2n) is 5.59. The molecular formula is C16H30O2S. The van der Waals surface area contributed by atoms with Gasteiger partial charge in [0, 0.05) is 5.25 Å². The van der Waals surface area contributed by atoms with Crippen LogP contribution in [0.3, 0.4) is 0 Å². The summed E-state index contributed by atoms with van der Waals surface area (Å²) in [5, 5.41) is 0.713. The van der Waals surface area contributed by atoms with Gasteiger partial charge >= 0.3 is 5.97 Å². The third kappa shape index (κ3) is 7.86. The molecule has 112 valence electrons. The number of carbonyl (C=O) groups excluding carboxylic acids is 1. The fourth-order valence-corrected chi connectivity index (χ4v) is 3.56. The third-order valence-electron chi connectivity index (χ3n) is 3.86. The van der Waals surface area contributed by atoms with Crippen molar-refractivity contribution in [3.05, 3.63) is 0 Å². The molecule has 2 nitrogen and oxygen atoms in total. The molecule has 1 saturated heterocycles. The molecule has 2 atom stereocenters. The van der Waals surface area contributed by atoms with E-state index in [9.17, 15) is 4.79 Å². The van der Waals surface area contributed by atoms with E-state index < -0.39 is 0 Å². The molecule has 3 heteroatoms. The quantitative estimate of drug-likeness (QED) is 0.288. The molecule has 0 aromatic carbocycles. The number of carbonyl (C=O) groups is 1. The molecule has 0 saturated carbocycles. The number of unbranched alkanes of at least 4 members (excludes halogenated alkanes) is 9. The van der Waals surface area contributed by atoms with Crippen LogP contribution < -0.4 is 0 Å². The van der Waals surface area contributed by atoms with Crippen LogP contribution in [-0.2, 0) is 9.53 Å². The van der Waals surface area contributed by atoms with Gasteiger partial charge in [0.05, 0.1) is 7.11 Å². The highest BCUT2D eigenvalue weighted by atomic mass is 32.2. The summed E-state index contributed by atoms with van der Waals surface area (Å²) in [6.45, 7) is 2.27. The largest absolute Gasteiger partial charge is 0.468 e. The smallest absolute Gasteiger partial charge is 0.319 e. The number of ether oxygens (including phenoxy) is 1. The highest BCUT2D eigenvalue weighted by molar-refractivity contribution is 8.08. The Morgan fingerprint density at radius 3 is 2.00 bits per heavy atom. The van der Waals surface area contributed by atoms with Gasteiger partial charge in [0.1, 0.15) is 5.25 Å². The van der Waals surface area contributed by atoms with Crippen LogP contribution in [-0.4, -0.2) is 23.6 Å². The molecule has 0 N–H and O–H groups in total. The lowest BCUT2D eigenvalue weighted by atomic mass is 10.0. The summed E-state index contributed by atoms with van der Waals surface area (Å²) in [5.74, 6) is -0.0259. The lowest BCUT2D eigenvalue weighted by Gasteiger charge is -2.02. The van der Waals surface area contributed by atoms with Gasteiger partial charge in [-0.25, -0.2) is 0 Å². The average Bonchev–Trinajstić information content (AvgIpc) is 3.19. The van der Waals surface area contributed by atoms with Gasteiger partial charge in [-0.15, -0.1) is 11.8 Å². The molecule has 0 aromatic heterocycles. The third-order valence-corrected chi connectivity index (χ3v) is 5.22. The molecule has 2 unspecified atom stereocenters. The van der Waals surface area contributed by atoms with Gasteiger partial charge in [-0.1, -0.05) is 71.1 Å². The first-order chi connectivity index (χ1) is 9.29. The molecule has 0 spiro atoms. The van der Waals surface area contributed by atoms with Crippen LogP contribution in [0.5, 0.6) is 0 Å². The van der Waals surface area contributed by atoms with Crippen molar-refractivity contribution < 1.29 is 9.53 Å². The zero-order valence-electron chi connectivity index (χ0n) is 12.7. The fourth-order valence-electron chi connectivity index (χ4n) is 2.52. The molecule has 1 fully saturated rings. The van der Waals surface area contributed by atoms with Gasteiger partial charge in [0.15, 0.2) is 0 Å². The van der Waals surface area contributed by atoms with E-state index in [1.165, 1.54) is 77.7 Å². The summed E-state index contributed by atoms with van der Waals surface area (Å²) in [7, 11) is 1.48. The van der Waals surface area contributed by atoms with Crippen LogP contribution in [0.25, 0.3) is 0 Å². The van der Waals surface area contributed by atoms with Crippen LogP contribution in [0.2, 0.25) is 0 Å². The lowest BCUT2D eigenvalue weighted by Crippen LogP contribution is -2.10.